The molecule has 4 rings (SSSR count). The third-order valence-corrected chi connectivity index (χ3v) is 6.25. The maximum atomic E-state index is 13.0. The van der Waals surface area contributed by atoms with Crippen LogP contribution in [0.15, 0.2) is 59.8 Å². The molecule has 0 spiro atoms. The fourth-order valence-electron chi connectivity index (χ4n) is 3.28. The number of ether oxygens (including phenoxy) is 1. The van der Waals surface area contributed by atoms with E-state index in [9.17, 15) is 4.79 Å². The summed E-state index contributed by atoms with van der Waals surface area (Å²) in [6.07, 6.45) is 0.757. The molecule has 0 radical (unpaired) electrons. The fraction of sp³-hybridized carbons (Fsp3) is 0.286. The average Bonchev–Trinajstić information content (AvgIpc) is 3.20. The lowest BCUT2D eigenvalue weighted by atomic mass is 10.0. The summed E-state index contributed by atoms with van der Waals surface area (Å²) >= 11 is 7.48. The smallest absolute Gasteiger partial charge is 0.236 e. The van der Waals surface area contributed by atoms with Gasteiger partial charge in [-0.1, -0.05) is 65.8 Å². The maximum Gasteiger partial charge on any atom is 0.236 e. The van der Waals surface area contributed by atoms with E-state index in [0.29, 0.717) is 29.2 Å². The standard InChI is InChI=1S/C21H22ClN5O2S/c1-29-13-5-12-23-20(28)18-17(14-8-10-16(22)11-9-14)26-27-19(24-25-21(27)30-18)15-6-3-2-4-7-15/h2-4,6-11,17-18,26H,5,12-13H2,1H3,(H,23,28)/t17-,18+/m1/s1. The number of rotatable bonds is 7. The minimum Gasteiger partial charge on any atom is -0.385 e. The van der Waals surface area contributed by atoms with Gasteiger partial charge in [0.2, 0.25) is 11.1 Å². The number of aromatic nitrogens is 3. The third-order valence-electron chi connectivity index (χ3n) is 4.78. The second kappa shape index (κ2) is 9.51. The summed E-state index contributed by atoms with van der Waals surface area (Å²) in [6.45, 7) is 1.16. The number of nitrogens with one attached hydrogen (secondary N) is 2. The molecule has 1 aromatic heterocycles. The van der Waals surface area contributed by atoms with Crippen LogP contribution in [0.3, 0.4) is 0 Å². The van der Waals surface area contributed by atoms with Gasteiger partial charge in [-0.25, -0.2) is 4.68 Å². The van der Waals surface area contributed by atoms with Crippen molar-refractivity contribution in [3.63, 3.8) is 0 Å². The van der Waals surface area contributed by atoms with E-state index in [2.05, 4.69) is 20.9 Å². The summed E-state index contributed by atoms with van der Waals surface area (Å²) in [5, 5.41) is 12.6. The van der Waals surface area contributed by atoms with Gasteiger partial charge in [-0.3, -0.25) is 4.79 Å². The zero-order chi connectivity index (χ0) is 20.9. The van der Waals surface area contributed by atoms with E-state index in [1.165, 1.54) is 11.8 Å². The molecule has 2 heterocycles. The topological polar surface area (TPSA) is 81.1 Å². The van der Waals surface area contributed by atoms with Crippen LogP contribution < -0.4 is 10.7 Å². The molecule has 1 aliphatic rings. The van der Waals surface area contributed by atoms with Gasteiger partial charge in [0, 0.05) is 30.8 Å². The lowest BCUT2D eigenvalue weighted by molar-refractivity contribution is -0.121. The lowest BCUT2D eigenvalue weighted by Gasteiger charge is -2.33. The highest BCUT2D eigenvalue weighted by Crippen LogP contribution is 2.38. The molecule has 2 atom stereocenters. The number of fused-ring (bicyclic) bond motifs is 1. The van der Waals surface area contributed by atoms with Crippen molar-refractivity contribution in [2.24, 2.45) is 0 Å². The van der Waals surface area contributed by atoms with E-state index in [4.69, 9.17) is 16.3 Å². The molecule has 7 nitrogen and oxygen atoms in total. The van der Waals surface area contributed by atoms with Crippen molar-refractivity contribution in [1.82, 2.24) is 20.2 Å². The number of amides is 1. The number of carbonyl (C=O) groups excluding carboxylic acids is 1. The Bertz CT molecular complexity index is 996. The van der Waals surface area contributed by atoms with Gasteiger partial charge in [-0.15, -0.1) is 10.2 Å². The van der Waals surface area contributed by atoms with Crippen molar-refractivity contribution in [3.05, 3.63) is 65.2 Å². The Kier molecular flexibility index (Phi) is 6.56. The number of hydrogen-bond donors (Lipinski definition) is 2. The zero-order valence-electron chi connectivity index (χ0n) is 16.4. The Hall–Kier alpha value is -2.55. The van der Waals surface area contributed by atoms with Crippen LogP contribution in [0.1, 0.15) is 18.0 Å². The predicted octanol–water partition coefficient (Wildman–Crippen LogP) is 3.51. The molecule has 2 aromatic carbocycles. The summed E-state index contributed by atoms with van der Waals surface area (Å²) < 4.78 is 6.91. The number of hydrogen-bond acceptors (Lipinski definition) is 6. The van der Waals surface area contributed by atoms with Gasteiger partial charge in [0.1, 0.15) is 5.25 Å². The summed E-state index contributed by atoms with van der Waals surface area (Å²) in [6, 6.07) is 17.1. The number of thioether (sulfide) groups is 1. The second-order valence-corrected chi connectivity index (χ2v) is 8.39. The number of nitrogens with zero attached hydrogens (tertiary/aromatic N) is 3. The van der Waals surface area contributed by atoms with E-state index in [1.807, 2.05) is 59.3 Å². The molecule has 156 valence electrons. The fourth-order valence-corrected chi connectivity index (χ4v) is 4.51. The van der Waals surface area contributed by atoms with Crippen LogP contribution in [-0.4, -0.2) is 46.3 Å². The van der Waals surface area contributed by atoms with Gasteiger partial charge in [0.25, 0.3) is 0 Å². The molecule has 0 bridgehead atoms. The van der Waals surface area contributed by atoms with Crippen LogP contribution in [0.5, 0.6) is 0 Å². The van der Waals surface area contributed by atoms with Gasteiger partial charge < -0.3 is 15.5 Å². The van der Waals surface area contributed by atoms with Crippen molar-refractivity contribution < 1.29 is 9.53 Å². The van der Waals surface area contributed by atoms with Crippen LogP contribution >= 0.6 is 23.4 Å². The van der Waals surface area contributed by atoms with Crippen LogP contribution in [0, 0.1) is 0 Å². The van der Waals surface area contributed by atoms with Crippen molar-refractivity contribution >= 4 is 29.3 Å². The highest BCUT2D eigenvalue weighted by Gasteiger charge is 2.37. The molecule has 9 heteroatoms. The normalized spacial score (nSPS) is 17.8. The summed E-state index contributed by atoms with van der Waals surface area (Å²) in [5.41, 5.74) is 5.36. The van der Waals surface area contributed by atoms with E-state index >= 15 is 0 Å². The van der Waals surface area contributed by atoms with Crippen LogP contribution in [-0.2, 0) is 9.53 Å². The Balaban J connectivity index is 1.64. The van der Waals surface area contributed by atoms with E-state index in [-0.39, 0.29) is 11.9 Å². The van der Waals surface area contributed by atoms with Crippen LogP contribution in [0.2, 0.25) is 5.02 Å². The van der Waals surface area contributed by atoms with Crippen LogP contribution in [0.4, 0.5) is 0 Å². The minimum absolute atomic E-state index is 0.0564. The molecule has 0 fully saturated rings. The summed E-state index contributed by atoms with van der Waals surface area (Å²) in [4.78, 5) is 13.0. The molecule has 1 amide bonds. The Morgan fingerprint density at radius 3 is 2.70 bits per heavy atom. The monoisotopic (exact) mass is 443 g/mol. The molecular weight excluding hydrogens is 422 g/mol. The predicted molar refractivity (Wildman–Crippen MR) is 118 cm³/mol. The quantitative estimate of drug-likeness (QED) is 0.544. The first-order valence-corrected chi connectivity index (χ1v) is 10.9. The zero-order valence-corrected chi connectivity index (χ0v) is 18.0. The van der Waals surface area contributed by atoms with E-state index < -0.39 is 5.25 Å². The molecular formula is C21H22ClN5O2S. The number of benzene rings is 2. The lowest BCUT2D eigenvalue weighted by Crippen LogP contribution is -2.44. The van der Waals surface area contributed by atoms with Crippen molar-refractivity contribution in [1.29, 1.82) is 0 Å². The first-order chi connectivity index (χ1) is 14.7. The van der Waals surface area contributed by atoms with Crippen LogP contribution in [0.25, 0.3) is 11.4 Å². The Labute approximate surface area is 184 Å². The molecule has 3 aromatic rings. The second-order valence-electron chi connectivity index (χ2n) is 6.84. The largest absolute Gasteiger partial charge is 0.385 e. The Morgan fingerprint density at radius 1 is 1.20 bits per heavy atom. The first kappa shape index (κ1) is 20.7. The number of methoxy groups -OCH3 is 1. The maximum absolute atomic E-state index is 13.0. The minimum atomic E-state index is -0.408. The summed E-state index contributed by atoms with van der Waals surface area (Å²) in [7, 11) is 1.65. The summed E-state index contributed by atoms with van der Waals surface area (Å²) in [5.74, 6) is 0.648. The third kappa shape index (κ3) is 4.45. The number of halogens is 1. The first-order valence-electron chi connectivity index (χ1n) is 9.63. The van der Waals surface area contributed by atoms with E-state index in [0.717, 1.165) is 17.5 Å². The molecule has 0 saturated carbocycles. The highest BCUT2D eigenvalue weighted by molar-refractivity contribution is 8.00. The number of carbonyl (C=O) groups is 1. The molecule has 1 aliphatic heterocycles. The molecule has 0 aliphatic carbocycles. The van der Waals surface area contributed by atoms with Gasteiger partial charge in [0.05, 0.1) is 6.04 Å². The van der Waals surface area contributed by atoms with Gasteiger partial charge >= 0.3 is 0 Å². The average molecular weight is 444 g/mol. The van der Waals surface area contributed by atoms with Gasteiger partial charge in [0.15, 0.2) is 5.82 Å². The van der Waals surface area contributed by atoms with E-state index in [1.54, 1.807) is 7.11 Å². The molecule has 30 heavy (non-hydrogen) atoms. The van der Waals surface area contributed by atoms with Gasteiger partial charge in [-0.05, 0) is 24.1 Å². The van der Waals surface area contributed by atoms with Crippen molar-refractivity contribution in [2.75, 3.05) is 25.7 Å². The molecule has 2 N–H and O–H groups in total. The SMILES string of the molecule is COCCCNC(=O)[C@H]1Sc2nnc(-c3ccccc3)n2N[C@@H]1c1ccc(Cl)cc1. The van der Waals surface area contributed by atoms with Crippen molar-refractivity contribution in [3.8, 4) is 11.4 Å². The van der Waals surface area contributed by atoms with Gasteiger partial charge in [-0.2, -0.15) is 0 Å². The Morgan fingerprint density at radius 2 is 1.97 bits per heavy atom. The van der Waals surface area contributed by atoms with Crippen molar-refractivity contribution in [2.45, 2.75) is 22.9 Å². The molecule has 0 unspecified atom stereocenters. The molecule has 0 saturated heterocycles. The highest BCUT2D eigenvalue weighted by atomic mass is 35.5.